The number of carboxylic acid groups (broad SMARTS) is 1. The molecule has 1 aromatic carbocycles. The Morgan fingerprint density at radius 1 is 1.32 bits per heavy atom. The lowest BCUT2D eigenvalue weighted by molar-refractivity contribution is -0.386. The summed E-state index contributed by atoms with van der Waals surface area (Å²) in [6.07, 6.45) is 0. The zero-order chi connectivity index (χ0) is 14.7. The largest absolute Gasteiger partial charge is 0.480 e. The number of nitrogens with one attached hydrogen (secondary N) is 1. The number of nitro groups is 1. The summed E-state index contributed by atoms with van der Waals surface area (Å²) in [5, 5.41) is 21.7. The zero-order valence-electron chi connectivity index (χ0n) is 10.8. The van der Waals surface area contributed by atoms with E-state index in [-0.39, 0.29) is 16.8 Å². The van der Waals surface area contributed by atoms with Crippen LogP contribution in [0.15, 0.2) is 6.07 Å². The second-order valence-electron chi connectivity index (χ2n) is 4.19. The molecule has 0 aliphatic carbocycles. The van der Waals surface area contributed by atoms with E-state index in [1.807, 2.05) is 0 Å². The minimum Gasteiger partial charge on any atom is -0.480 e. The van der Waals surface area contributed by atoms with Crippen LogP contribution >= 0.6 is 0 Å². The van der Waals surface area contributed by atoms with E-state index >= 15 is 0 Å². The lowest BCUT2D eigenvalue weighted by Crippen LogP contribution is -2.30. The molecule has 7 nitrogen and oxygen atoms in total. The smallest absolute Gasteiger partial charge is 0.322 e. The van der Waals surface area contributed by atoms with E-state index in [1.165, 1.54) is 6.92 Å². The minimum atomic E-state index is -1.18. The molecule has 1 rings (SSSR count). The van der Waals surface area contributed by atoms with E-state index in [1.54, 1.807) is 19.9 Å². The molecule has 0 spiro atoms. The van der Waals surface area contributed by atoms with Crippen LogP contribution in [-0.2, 0) is 4.79 Å². The maximum atomic E-state index is 11.9. The van der Waals surface area contributed by atoms with Crippen molar-refractivity contribution in [3.8, 4) is 0 Å². The molecular weight excluding hydrogens is 252 g/mol. The first-order valence-corrected chi connectivity index (χ1v) is 5.51. The van der Waals surface area contributed by atoms with Crippen molar-refractivity contribution in [1.82, 2.24) is 5.32 Å². The van der Waals surface area contributed by atoms with Crippen molar-refractivity contribution in [1.29, 1.82) is 0 Å². The van der Waals surface area contributed by atoms with Gasteiger partial charge in [0.15, 0.2) is 0 Å². The molecule has 7 heteroatoms. The van der Waals surface area contributed by atoms with Crippen molar-refractivity contribution in [2.45, 2.75) is 20.8 Å². The standard InChI is InChI=1S/C12H14N2O5/c1-6-4-7(2)11(14(18)19)8(3)10(6)12(17)13-5-9(15)16/h4H,5H2,1-3H3,(H,13,17)(H,15,16). The summed E-state index contributed by atoms with van der Waals surface area (Å²) in [4.78, 5) is 32.7. The van der Waals surface area contributed by atoms with Crippen LogP contribution in [-0.4, -0.2) is 28.5 Å². The number of carbonyl (C=O) groups excluding carboxylic acids is 1. The molecule has 2 N–H and O–H groups in total. The molecule has 0 fully saturated rings. The van der Waals surface area contributed by atoms with Crippen molar-refractivity contribution >= 4 is 17.6 Å². The van der Waals surface area contributed by atoms with Gasteiger partial charge in [0.05, 0.1) is 10.5 Å². The van der Waals surface area contributed by atoms with Crippen LogP contribution in [0.1, 0.15) is 27.0 Å². The second kappa shape index (κ2) is 5.47. The number of amides is 1. The molecular formula is C12H14N2O5. The van der Waals surface area contributed by atoms with Crippen LogP contribution in [0, 0.1) is 30.9 Å². The van der Waals surface area contributed by atoms with Gasteiger partial charge < -0.3 is 10.4 Å². The summed E-state index contributed by atoms with van der Waals surface area (Å²) in [6, 6.07) is 1.54. The molecule has 0 saturated carbocycles. The first-order valence-electron chi connectivity index (χ1n) is 5.51. The van der Waals surface area contributed by atoms with Gasteiger partial charge in [-0.05, 0) is 32.4 Å². The Labute approximate surface area is 109 Å². The van der Waals surface area contributed by atoms with Gasteiger partial charge in [-0.3, -0.25) is 19.7 Å². The number of nitrogens with zero attached hydrogens (tertiary/aromatic N) is 1. The van der Waals surface area contributed by atoms with Crippen LogP contribution in [0.3, 0.4) is 0 Å². The van der Waals surface area contributed by atoms with E-state index in [2.05, 4.69) is 5.32 Å². The number of hydrogen-bond donors (Lipinski definition) is 2. The van der Waals surface area contributed by atoms with Gasteiger partial charge in [-0.15, -0.1) is 0 Å². The first-order chi connectivity index (χ1) is 8.75. The Morgan fingerprint density at radius 3 is 2.37 bits per heavy atom. The van der Waals surface area contributed by atoms with E-state index in [0.717, 1.165) is 0 Å². The first kappa shape index (κ1) is 14.6. The molecule has 0 aromatic heterocycles. The molecule has 0 aliphatic rings. The van der Waals surface area contributed by atoms with Gasteiger partial charge in [-0.2, -0.15) is 0 Å². The van der Waals surface area contributed by atoms with Crippen molar-refractivity contribution in [2.24, 2.45) is 0 Å². The lowest BCUT2D eigenvalue weighted by atomic mass is 9.97. The fourth-order valence-electron chi connectivity index (χ4n) is 2.05. The Bertz CT molecular complexity index is 566. The van der Waals surface area contributed by atoms with Crippen LogP contribution in [0.5, 0.6) is 0 Å². The normalized spacial score (nSPS) is 10.1. The molecule has 0 bridgehead atoms. The van der Waals surface area contributed by atoms with Crippen molar-refractivity contribution in [2.75, 3.05) is 6.54 Å². The molecule has 1 amide bonds. The maximum Gasteiger partial charge on any atom is 0.322 e. The van der Waals surface area contributed by atoms with Crippen LogP contribution in [0.2, 0.25) is 0 Å². The van der Waals surface area contributed by atoms with Gasteiger partial charge in [0.2, 0.25) is 0 Å². The topological polar surface area (TPSA) is 110 Å². The second-order valence-corrected chi connectivity index (χ2v) is 4.19. The highest BCUT2D eigenvalue weighted by atomic mass is 16.6. The number of nitro benzene ring substituents is 1. The highest BCUT2D eigenvalue weighted by molar-refractivity contribution is 5.99. The van der Waals surface area contributed by atoms with Crippen molar-refractivity contribution in [3.63, 3.8) is 0 Å². The monoisotopic (exact) mass is 266 g/mol. The number of hydrogen-bond acceptors (Lipinski definition) is 4. The quantitative estimate of drug-likeness (QED) is 0.631. The van der Waals surface area contributed by atoms with Crippen LogP contribution in [0.4, 0.5) is 5.69 Å². The molecule has 102 valence electrons. The van der Waals surface area contributed by atoms with Gasteiger partial charge in [-0.1, -0.05) is 0 Å². The average Bonchev–Trinajstić information content (AvgIpc) is 2.24. The minimum absolute atomic E-state index is 0.119. The maximum absolute atomic E-state index is 11.9. The third-order valence-corrected chi connectivity index (χ3v) is 2.74. The molecule has 0 saturated heterocycles. The number of aliphatic carboxylic acids is 1. The fraction of sp³-hybridized carbons (Fsp3) is 0.333. The van der Waals surface area contributed by atoms with E-state index in [0.29, 0.717) is 11.1 Å². The Balaban J connectivity index is 3.28. The van der Waals surface area contributed by atoms with Gasteiger partial charge in [0.25, 0.3) is 11.6 Å². The highest BCUT2D eigenvalue weighted by Gasteiger charge is 2.23. The molecule has 19 heavy (non-hydrogen) atoms. The predicted molar refractivity (Wildman–Crippen MR) is 67.3 cm³/mol. The Morgan fingerprint density at radius 2 is 1.89 bits per heavy atom. The number of benzene rings is 1. The molecule has 0 aliphatic heterocycles. The molecule has 0 heterocycles. The summed E-state index contributed by atoms with van der Waals surface area (Å²) in [7, 11) is 0. The number of aryl methyl sites for hydroxylation is 2. The lowest BCUT2D eigenvalue weighted by Gasteiger charge is -2.11. The summed E-state index contributed by atoms with van der Waals surface area (Å²) in [6.45, 7) is 4.20. The van der Waals surface area contributed by atoms with Gasteiger partial charge >= 0.3 is 5.97 Å². The third-order valence-electron chi connectivity index (χ3n) is 2.74. The van der Waals surface area contributed by atoms with Crippen molar-refractivity contribution < 1.29 is 19.6 Å². The average molecular weight is 266 g/mol. The SMILES string of the molecule is Cc1cc(C)c([N+](=O)[O-])c(C)c1C(=O)NCC(=O)O. The molecule has 0 unspecified atom stereocenters. The summed E-state index contributed by atoms with van der Waals surface area (Å²) < 4.78 is 0. The van der Waals surface area contributed by atoms with E-state index in [9.17, 15) is 19.7 Å². The van der Waals surface area contributed by atoms with Crippen LogP contribution < -0.4 is 5.32 Å². The summed E-state index contributed by atoms with van der Waals surface area (Å²) in [5.74, 6) is -1.80. The zero-order valence-corrected chi connectivity index (χ0v) is 10.8. The van der Waals surface area contributed by atoms with Gasteiger partial charge in [-0.25, -0.2) is 0 Å². The fourth-order valence-corrected chi connectivity index (χ4v) is 2.05. The number of carboxylic acids is 1. The number of rotatable bonds is 4. The number of carbonyl (C=O) groups is 2. The van der Waals surface area contributed by atoms with Crippen LogP contribution in [0.25, 0.3) is 0 Å². The van der Waals surface area contributed by atoms with Gasteiger partial charge in [0.1, 0.15) is 6.54 Å². The van der Waals surface area contributed by atoms with Gasteiger partial charge in [0, 0.05) is 11.1 Å². The summed E-state index contributed by atoms with van der Waals surface area (Å²) >= 11 is 0. The van der Waals surface area contributed by atoms with E-state index < -0.39 is 23.3 Å². The summed E-state index contributed by atoms with van der Waals surface area (Å²) in [5.41, 5.74) is 1.31. The Hall–Kier alpha value is -2.44. The predicted octanol–water partition coefficient (Wildman–Crippen LogP) is 1.33. The highest BCUT2D eigenvalue weighted by Crippen LogP contribution is 2.28. The molecule has 0 radical (unpaired) electrons. The molecule has 0 atom stereocenters. The van der Waals surface area contributed by atoms with Crippen molar-refractivity contribution in [3.05, 3.63) is 38.4 Å². The molecule has 1 aromatic rings. The van der Waals surface area contributed by atoms with E-state index in [4.69, 9.17) is 5.11 Å². The Kier molecular flexibility index (Phi) is 4.21. The third kappa shape index (κ3) is 3.06.